The highest BCUT2D eigenvalue weighted by molar-refractivity contribution is 7.94. The highest BCUT2D eigenvalue weighted by Crippen LogP contribution is 2.45. The predicted octanol–water partition coefficient (Wildman–Crippen LogP) is -0.166. The monoisotopic (exact) mass is 540 g/mol. The van der Waals surface area contributed by atoms with E-state index < -0.39 is 73.0 Å². The number of aliphatic carboxylic acids is 1. The van der Waals surface area contributed by atoms with E-state index >= 15 is 0 Å². The van der Waals surface area contributed by atoms with Crippen LogP contribution in [-0.4, -0.2) is 86.5 Å². The van der Waals surface area contributed by atoms with Crippen LogP contribution in [0, 0.1) is 0 Å². The third kappa shape index (κ3) is 5.30. The van der Waals surface area contributed by atoms with Crippen molar-refractivity contribution in [3.8, 4) is 11.5 Å². The number of β-lactam (4-membered cyclic amide) rings is 1. The van der Waals surface area contributed by atoms with Gasteiger partial charge in [-0.1, -0.05) is 6.07 Å². The van der Waals surface area contributed by atoms with E-state index in [0.717, 1.165) is 18.0 Å². The molecule has 0 aromatic heterocycles. The van der Waals surface area contributed by atoms with Crippen LogP contribution in [-0.2, 0) is 35.4 Å². The Bertz CT molecular complexity index is 1270. The number of carboxylic acids is 1. The molecule has 0 saturated carbocycles. The minimum atomic E-state index is -4.19. The summed E-state index contributed by atoms with van der Waals surface area (Å²) in [5.41, 5.74) is 1.55. The van der Waals surface area contributed by atoms with Gasteiger partial charge in [-0.15, -0.1) is 0 Å². The normalized spacial score (nSPS) is 25.2. The molecular weight excluding hydrogens is 512 g/mol. The van der Waals surface area contributed by atoms with Crippen LogP contribution in [0.5, 0.6) is 11.5 Å². The quantitative estimate of drug-likeness (QED) is 0.133. The minimum Gasteiger partial charge on any atom is -0.504 e. The smallest absolute Gasteiger partial charge is 0.408 e. The van der Waals surface area contributed by atoms with Crippen molar-refractivity contribution in [1.82, 2.24) is 15.6 Å². The van der Waals surface area contributed by atoms with Crippen molar-refractivity contribution in [2.75, 3.05) is 0 Å². The van der Waals surface area contributed by atoms with Gasteiger partial charge in [-0.2, -0.15) is 5.10 Å². The third-order valence-corrected chi connectivity index (χ3v) is 8.62. The number of rotatable bonds is 7. The van der Waals surface area contributed by atoms with E-state index in [4.69, 9.17) is 4.74 Å². The summed E-state index contributed by atoms with van der Waals surface area (Å²) >= 11 is 0. The average Bonchev–Trinajstić information content (AvgIpc) is 2.89. The van der Waals surface area contributed by atoms with Gasteiger partial charge in [-0.25, -0.2) is 23.4 Å². The summed E-state index contributed by atoms with van der Waals surface area (Å²) in [6.07, 6.45) is -0.726. The topological polar surface area (TPSA) is 212 Å². The number of carboxylic acid groups (broad SMARTS) is 1. The molecule has 1 aromatic carbocycles. The Labute approximate surface area is 212 Å². The van der Waals surface area contributed by atoms with E-state index in [-0.39, 0.29) is 12.8 Å². The fourth-order valence-electron chi connectivity index (χ4n) is 4.10. The Kier molecular flexibility index (Phi) is 7.14. The molecule has 5 N–H and O–H groups in total. The number of nitrogens with one attached hydrogen (secondary N) is 2. The first-order chi connectivity index (χ1) is 17.0. The van der Waals surface area contributed by atoms with Crippen molar-refractivity contribution >= 4 is 39.9 Å². The number of phenols is 2. The van der Waals surface area contributed by atoms with Gasteiger partial charge in [0.1, 0.15) is 21.8 Å². The number of hydrogen-bond acceptors (Lipinski definition) is 10. The first-order valence-electron chi connectivity index (χ1n) is 11.1. The number of fused-ring (bicyclic) bond motifs is 1. The highest BCUT2D eigenvalue weighted by Gasteiger charge is 2.69. The fourth-order valence-corrected chi connectivity index (χ4v) is 6.31. The summed E-state index contributed by atoms with van der Waals surface area (Å²) in [5, 5.41) is 33.6. The van der Waals surface area contributed by atoms with E-state index in [9.17, 15) is 42.9 Å². The molecule has 2 aliphatic rings. The number of aromatic hydroxyl groups is 2. The molecule has 2 heterocycles. The Morgan fingerprint density at radius 3 is 2.46 bits per heavy atom. The molecule has 0 unspecified atom stereocenters. The third-order valence-electron chi connectivity index (χ3n) is 5.96. The lowest BCUT2D eigenvalue weighted by molar-refractivity contribution is -0.156. The second-order valence-corrected chi connectivity index (χ2v) is 12.4. The molecule has 0 aliphatic carbocycles. The minimum absolute atomic E-state index is 0.188. The van der Waals surface area contributed by atoms with Crippen LogP contribution in [0.3, 0.4) is 0 Å². The number of carbonyl (C=O) groups excluding carboxylic acids is 3. The Morgan fingerprint density at radius 2 is 1.92 bits per heavy atom. The van der Waals surface area contributed by atoms with E-state index in [2.05, 4.69) is 15.8 Å². The maximum atomic E-state index is 12.9. The molecule has 2 fully saturated rings. The average molecular weight is 541 g/mol. The van der Waals surface area contributed by atoms with Crippen LogP contribution >= 0.6 is 0 Å². The molecular formula is C22H28N4O10S. The maximum absolute atomic E-state index is 12.9. The Balaban J connectivity index is 1.83. The van der Waals surface area contributed by atoms with Gasteiger partial charge in [0.05, 0.1) is 6.42 Å². The van der Waals surface area contributed by atoms with Crippen molar-refractivity contribution in [3.63, 3.8) is 0 Å². The zero-order chi connectivity index (χ0) is 27.9. The molecule has 15 heteroatoms. The van der Waals surface area contributed by atoms with Crippen molar-refractivity contribution in [2.45, 2.75) is 68.3 Å². The SMILES string of the molecule is CC(C)(C)OC(=O)N[C@H](Cc1ccc(O)c(O)c1)C(=O)N/N=C/[C@@]1(C)[C@H](C(=O)O)N2C(=O)C[C@H]2S1(=O)=O. The van der Waals surface area contributed by atoms with Gasteiger partial charge < -0.3 is 30.3 Å². The van der Waals surface area contributed by atoms with E-state index in [1.54, 1.807) is 20.8 Å². The summed E-state index contributed by atoms with van der Waals surface area (Å²) < 4.78 is 28.9. The number of nitrogens with zero attached hydrogens (tertiary/aromatic N) is 2. The number of phenolic OH excluding ortho intramolecular Hbond substituents is 2. The number of sulfone groups is 1. The summed E-state index contributed by atoms with van der Waals surface area (Å²) in [5.74, 6) is -3.93. The summed E-state index contributed by atoms with van der Waals surface area (Å²) in [6.45, 7) is 5.93. The molecule has 0 spiro atoms. The number of alkyl carbamates (subject to hydrolysis) is 1. The number of amides is 3. The number of hydrogen-bond donors (Lipinski definition) is 5. The summed E-state index contributed by atoms with van der Waals surface area (Å²) in [6, 6.07) is 0.704. The lowest BCUT2D eigenvalue weighted by atomic mass is 9.97. The van der Waals surface area contributed by atoms with Crippen LogP contribution < -0.4 is 10.7 Å². The van der Waals surface area contributed by atoms with Gasteiger partial charge in [0.25, 0.3) is 5.91 Å². The molecule has 0 bridgehead atoms. The van der Waals surface area contributed by atoms with Gasteiger partial charge in [-0.05, 0) is 45.4 Å². The van der Waals surface area contributed by atoms with Crippen LogP contribution in [0.4, 0.5) is 4.79 Å². The lowest BCUT2D eigenvalue weighted by Crippen LogP contribution is -2.57. The second kappa shape index (κ2) is 9.53. The van der Waals surface area contributed by atoms with Gasteiger partial charge >= 0.3 is 12.1 Å². The molecule has 3 amide bonds. The zero-order valence-corrected chi connectivity index (χ0v) is 21.3. The molecule has 3 rings (SSSR count). The standard InChI is InChI=1S/C22H28N4O10S/c1-21(2,3)36-20(33)24-12(7-11-5-6-13(27)14(28)8-11)18(30)25-23-10-22(4)17(19(31)32)26-15(29)9-16(26)37(22,34)35/h5-6,8,10,12,16-17,27-28H,7,9H2,1-4H3,(H,24,33)(H,25,30)(H,31,32)/b23-10+/t12-,16-,17+,22+/m1/s1. The van der Waals surface area contributed by atoms with E-state index in [1.807, 2.05) is 0 Å². The van der Waals surface area contributed by atoms with Crippen molar-refractivity contribution in [3.05, 3.63) is 23.8 Å². The number of hydrazone groups is 1. The molecule has 0 radical (unpaired) electrons. The summed E-state index contributed by atoms with van der Waals surface area (Å²) in [7, 11) is -4.19. The first-order valence-corrected chi connectivity index (χ1v) is 12.6. The number of ether oxygens (including phenoxy) is 1. The Morgan fingerprint density at radius 1 is 1.27 bits per heavy atom. The second-order valence-electron chi connectivity index (χ2n) is 9.89. The molecule has 2 saturated heterocycles. The van der Waals surface area contributed by atoms with Crippen LogP contribution in [0.25, 0.3) is 0 Å². The first kappa shape index (κ1) is 27.7. The molecule has 1 aromatic rings. The molecule has 202 valence electrons. The van der Waals surface area contributed by atoms with Gasteiger partial charge in [0, 0.05) is 12.6 Å². The largest absolute Gasteiger partial charge is 0.504 e. The molecule has 37 heavy (non-hydrogen) atoms. The maximum Gasteiger partial charge on any atom is 0.408 e. The Hall–Kier alpha value is -3.88. The summed E-state index contributed by atoms with van der Waals surface area (Å²) in [4.78, 5) is 49.7. The van der Waals surface area contributed by atoms with Crippen LogP contribution in [0.2, 0.25) is 0 Å². The predicted molar refractivity (Wildman–Crippen MR) is 127 cm³/mol. The van der Waals surface area contributed by atoms with Gasteiger partial charge in [0.15, 0.2) is 27.4 Å². The molecule has 4 atom stereocenters. The highest BCUT2D eigenvalue weighted by atomic mass is 32.2. The van der Waals surface area contributed by atoms with E-state index in [1.165, 1.54) is 18.2 Å². The lowest BCUT2D eigenvalue weighted by Gasteiger charge is -2.35. The van der Waals surface area contributed by atoms with Gasteiger partial charge in [-0.3, -0.25) is 9.59 Å². The van der Waals surface area contributed by atoms with E-state index in [0.29, 0.717) is 5.56 Å². The fraction of sp³-hybridized carbons (Fsp3) is 0.500. The van der Waals surface area contributed by atoms with Gasteiger partial charge in [0.2, 0.25) is 5.91 Å². The van der Waals surface area contributed by atoms with Crippen molar-refractivity contribution in [1.29, 1.82) is 0 Å². The molecule has 2 aliphatic heterocycles. The number of benzene rings is 1. The van der Waals surface area contributed by atoms with Crippen LogP contribution in [0.1, 0.15) is 39.7 Å². The van der Waals surface area contributed by atoms with Crippen LogP contribution in [0.15, 0.2) is 23.3 Å². The zero-order valence-electron chi connectivity index (χ0n) is 20.5. The molecule has 14 nitrogen and oxygen atoms in total. The number of carbonyl (C=O) groups is 4. The van der Waals surface area contributed by atoms with Crippen molar-refractivity contribution in [2.24, 2.45) is 5.10 Å². The van der Waals surface area contributed by atoms with Crippen molar-refractivity contribution < 1.29 is 47.7 Å².